The molecule has 38 heavy (non-hydrogen) atoms. The second-order valence-electron chi connectivity index (χ2n) is 9.57. The average Bonchev–Trinajstić information content (AvgIpc) is 3.00. The van der Waals surface area contributed by atoms with E-state index in [0.717, 1.165) is 43.7 Å². The van der Waals surface area contributed by atoms with Crippen LogP contribution in [0.15, 0.2) is 137 Å². The van der Waals surface area contributed by atoms with Gasteiger partial charge in [-0.05, 0) is 62.6 Å². The smallest absolute Gasteiger partial charge is 0.149 e. The van der Waals surface area contributed by atoms with Crippen molar-refractivity contribution in [2.24, 2.45) is 0 Å². The van der Waals surface area contributed by atoms with Gasteiger partial charge in [-0.3, -0.25) is 4.98 Å². The molecule has 7 aromatic rings. The van der Waals surface area contributed by atoms with E-state index in [1.54, 1.807) is 11.8 Å². The molecule has 0 saturated carbocycles. The molecule has 1 aromatic heterocycles. The van der Waals surface area contributed by atoms with Crippen LogP contribution < -0.4 is 4.74 Å². The molecule has 178 valence electrons. The van der Waals surface area contributed by atoms with Gasteiger partial charge in [-0.1, -0.05) is 103 Å². The van der Waals surface area contributed by atoms with Crippen molar-refractivity contribution in [3.63, 3.8) is 0 Å². The van der Waals surface area contributed by atoms with E-state index in [0.29, 0.717) is 0 Å². The Morgan fingerprint density at radius 1 is 0.500 bits per heavy atom. The van der Waals surface area contributed by atoms with Gasteiger partial charge in [0.1, 0.15) is 11.5 Å². The van der Waals surface area contributed by atoms with E-state index in [1.807, 2.05) is 24.4 Å². The maximum atomic E-state index is 6.35. The summed E-state index contributed by atoms with van der Waals surface area (Å²) in [6.07, 6.45) is 1.96. The third kappa shape index (κ3) is 3.33. The van der Waals surface area contributed by atoms with Crippen molar-refractivity contribution in [3.8, 4) is 33.9 Å². The second kappa shape index (κ2) is 8.47. The van der Waals surface area contributed by atoms with E-state index in [2.05, 4.69) is 103 Å². The fraction of sp³-hybridized carbons (Fsp3) is 0. The van der Waals surface area contributed by atoms with E-state index in [-0.39, 0.29) is 0 Å². The zero-order chi connectivity index (χ0) is 25.1. The number of nitrogens with zero attached hydrogens (tertiary/aromatic N) is 1. The largest absolute Gasteiger partial charge is 0.454 e. The van der Waals surface area contributed by atoms with Gasteiger partial charge in [0.15, 0.2) is 0 Å². The van der Waals surface area contributed by atoms with Crippen LogP contribution in [0, 0.1) is 0 Å². The van der Waals surface area contributed by atoms with E-state index < -0.39 is 0 Å². The Bertz CT molecular complexity index is 1990. The minimum atomic E-state index is 0.898. The van der Waals surface area contributed by atoms with Crippen molar-refractivity contribution in [2.75, 3.05) is 0 Å². The van der Waals surface area contributed by atoms with Gasteiger partial charge in [-0.15, -0.1) is 0 Å². The van der Waals surface area contributed by atoms with Crippen LogP contribution in [0.3, 0.4) is 0 Å². The highest BCUT2D eigenvalue weighted by atomic mass is 32.2. The predicted octanol–water partition coefficient (Wildman–Crippen LogP) is 10.1. The molecule has 0 fully saturated rings. The molecule has 1 aliphatic rings. The zero-order valence-electron chi connectivity index (χ0n) is 20.4. The SMILES string of the molecule is c1ccc2c(c1)Oc1c(cccc1-c1ccc(-c3ccc4c5ccccc5c5ccccc5c4c3)nc1)S2. The number of aromatic nitrogens is 1. The summed E-state index contributed by atoms with van der Waals surface area (Å²) in [5, 5.41) is 7.65. The molecule has 0 aliphatic carbocycles. The van der Waals surface area contributed by atoms with E-state index >= 15 is 0 Å². The molecule has 0 saturated heterocycles. The zero-order valence-corrected chi connectivity index (χ0v) is 21.2. The summed E-state index contributed by atoms with van der Waals surface area (Å²) < 4.78 is 6.35. The Morgan fingerprint density at radius 3 is 1.87 bits per heavy atom. The summed E-state index contributed by atoms with van der Waals surface area (Å²) in [5.41, 5.74) is 4.17. The topological polar surface area (TPSA) is 22.1 Å². The van der Waals surface area contributed by atoms with Crippen molar-refractivity contribution in [1.82, 2.24) is 4.98 Å². The first-order valence-corrected chi connectivity index (χ1v) is 13.5. The summed E-state index contributed by atoms with van der Waals surface area (Å²) in [5.74, 6) is 1.80. The van der Waals surface area contributed by atoms with Gasteiger partial charge < -0.3 is 4.74 Å². The fourth-order valence-electron chi connectivity index (χ4n) is 5.57. The van der Waals surface area contributed by atoms with Crippen LogP contribution in [0.4, 0.5) is 0 Å². The van der Waals surface area contributed by atoms with Crippen molar-refractivity contribution in [1.29, 1.82) is 0 Å². The van der Waals surface area contributed by atoms with Gasteiger partial charge in [0, 0.05) is 22.9 Å². The lowest BCUT2D eigenvalue weighted by atomic mass is 9.93. The third-order valence-corrected chi connectivity index (χ3v) is 8.47. The molecule has 8 rings (SSSR count). The molecule has 0 N–H and O–H groups in total. The number of fused-ring (bicyclic) bond motifs is 8. The molecule has 0 atom stereocenters. The number of benzene rings is 6. The van der Waals surface area contributed by atoms with Gasteiger partial charge in [0.25, 0.3) is 0 Å². The molecular formula is C35H21NOS. The van der Waals surface area contributed by atoms with Crippen LogP contribution in [-0.2, 0) is 0 Å². The highest BCUT2D eigenvalue weighted by molar-refractivity contribution is 7.99. The van der Waals surface area contributed by atoms with Crippen LogP contribution in [-0.4, -0.2) is 4.98 Å². The van der Waals surface area contributed by atoms with Crippen molar-refractivity contribution >= 4 is 44.1 Å². The van der Waals surface area contributed by atoms with Crippen LogP contribution in [0.25, 0.3) is 54.7 Å². The van der Waals surface area contributed by atoms with Gasteiger partial charge in [-0.25, -0.2) is 0 Å². The molecule has 2 nitrogen and oxygen atoms in total. The molecule has 2 heterocycles. The Hall–Kier alpha value is -4.60. The second-order valence-corrected chi connectivity index (χ2v) is 10.7. The van der Waals surface area contributed by atoms with E-state index in [1.165, 1.54) is 32.3 Å². The lowest BCUT2D eigenvalue weighted by Crippen LogP contribution is -1.97. The average molecular weight is 504 g/mol. The number of pyridine rings is 1. The summed E-state index contributed by atoms with van der Waals surface area (Å²) in [7, 11) is 0. The number of hydrogen-bond donors (Lipinski definition) is 0. The third-order valence-electron chi connectivity index (χ3n) is 7.37. The molecule has 3 heteroatoms. The Kier molecular flexibility index (Phi) is 4.79. The number of hydrogen-bond acceptors (Lipinski definition) is 3. The fourth-order valence-corrected chi connectivity index (χ4v) is 6.55. The first kappa shape index (κ1) is 21.5. The van der Waals surface area contributed by atoms with Crippen molar-refractivity contribution in [3.05, 3.63) is 128 Å². The van der Waals surface area contributed by atoms with E-state index in [4.69, 9.17) is 9.72 Å². The highest BCUT2D eigenvalue weighted by Crippen LogP contribution is 2.50. The first-order chi connectivity index (χ1) is 18.8. The number of para-hydroxylation sites is 2. The Morgan fingerprint density at radius 2 is 1.13 bits per heavy atom. The Labute approximate surface area is 224 Å². The van der Waals surface area contributed by atoms with Gasteiger partial charge >= 0.3 is 0 Å². The van der Waals surface area contributed by atoms with Crippen molar-refractivity contribution < 1.29 is 4.74 Å². The highest BCUT2D eigenvalue weighted by Gasteiger charge is 2.21. The lowest BCUT2D eigenvalue weighted by molar-refractivity contribution is 0.456. The minimum absolute atomic E-state index is 0.898. The molecule has 6 aromatic carbocycles. The van der Waals surface area contributed by atoms with Crippen molar-refractivity contribution in [2.45, 2.75) is 9.79 Å². The molecule has 1 aliphatic heterocycles. The molecular weight excluding hydrogens is 482 g/mol. The maximum absolute atomic E-state index is 6.35. The van der Waals surface area contributed by atoms with Gasteiger partial charge in [-0.2, -0.15) is 0 Å². The summed E-state index contributed by atoms with van der Waals surface area (Å²) in [6.45, 7) is 0. The van der Waals surface area contributed by atoms with Crippen LogP contribution in [0.2, 0.25) is 0 Å². The predicted molar refractivity (Wildman–Crippen MR) is 158 cm³/mol. The van der Waals surface area contributed by atoms with Crippen LogP contribution in [0.5, 0.6) is 11.5 Å². The van der Waals surface area contributed by atoms with Gasteiger partial charge in [0.05, 0.1) is 15.5 Å². The quantitative estimate of drug-likeness (QED) is 0.219. The Balaban J connectivity index is 1.22. The molecule has 0 unspecified atom stereocenters. The molecule has 0 bridgehead atoms. The normalized spacial score (nSPS) is 12.3. The molecule has 0 spiro atoms. The summed E-state index contributed by atoms with van der Waals surface area (Å²) >= 11 is 1.75. The summed E-state index contributed by atoms with van der Waals surface area (Å²) in [6, 6.07) is 42.8. The molecule has 0 amide bonds. The van der Waals surface area contributed by atoms with Crippen LogP contribution in [0.1, 0.15) is 0 Å². The lowest BCUT2D eigenvalue weighted by Gasteiger charge is -2.22. The first-order valence-electron chi connectivity index (χ1n) is 12.7. The summed E-state index contributed by atoms with van der Waals surface area (Å²) in [4.78, 5) is 7.17. The molecule has 0 radical (unpaired) electrons. The maximum Gasteiger partial charge on any atom is 0.149 e. The monoisotopic (exact) mass is 503 g/mol. The standard InChI is InChI=1S/C35H21NOS/c1-2-10-27-25(8-1)26-9-3-4-11-28(26)30-20-22(16-18-29(27)30)31-19-17-23(21-36-31)24-12-7-15-34-35(24)37-32-13-5-6-14-33(32)38-34/h1-21H. The van der Waals surface area contributed by atoms with Crippen LogP contribution >= 0.6 is 11.8 Å². The number of ether oxygens (including phenoxy) is 1. The minimum Gasteiger partial charge on any atom is -0.454 e. The number of rotatable bonds is 2. The van der Waals surface area contributed by atoms with E-state index in [9.17, 15) is 0 Å². The van der Waals surface area contributed by atoms with Gasteiger partial charge in [0.2, 0.25) is 0 Å².